The number of hydrogen-bond acceptors (Lipinski definition) is 7. The molecule has 216 valence electrons. The lowest BCUT2D eigenvalue weighted by Crippen LogP contribution is -2.41. The van der Waals surface area contributed by atoms with E-state index in [2.05, 4.69) is 50.8 Å². The predicted octanol–water partition coefficient (Wildman–Crippen LogP) is 5.33. The Balaban J connectivity index is 1.13. The summed E-state index contributed by atoms with van der Waals surface area (Å²) in [4.78, 5) is 20.0. The number of pyridine rings is 1. The Hall–Kier alpha value is -5.25. The van der Waals surface area contributed by atoms with Crippen LogP contribution in [0.1, 0.15) is 64.5 Å². The molecule has 0 spiro atoms. The van der Waals surface area contributed by atoms with E-state index >= 15 is 0 Å². The molecule has 0 radical (unpaired) electrons. The molecule has 0 unspecified atom stereocenters. The average Bonchev–Trinajstić information content (AvgIpc) is 3.49. The number of piperidine rings is 1. The van der Waals surface area contributed by atoms with Gasteiger partial charge in [-0.15, -0.1) is 0 Å². The fraction of sp³-hybridized carbons (Fsp3) is 0.265. The monoisotopic (exact) mass is 570 g/mol. The lowest BCUT2D eigenvalue weighted by Gasteiger charge is -2.33. The Kier molecular flexibility index (Phi) is 9.58. The van der Waals surface area contributed by atoms with Crippen LogP contribution in [0.15, 0.2) is 85.2 Å². The van der Waals surface area contributed by atoms with E-state index in [-0.39, 0.29) is 5.91 Å². The molecule has 43 heavy (non-hydrogen) atoms. The van der Waals surface area contributed by atoms with Crippen LogP contribution >= 0.6 is 0 Å². The summed E-state index contributed by atoms with van der Waals surface area (Å²) in [6, 6.07) is 25.2. The predicted molar refractivity (Wildman–Crippen MR) is 166 cm³/mol. The van der Waals surface area contributed by atoms with E-state index in [1.807, 2.05) is 42.5 Å². The minimum absolute atomic E-state index is 0.272. The molecule has 1 fully saturated rings. The molecule has 0 saturated carbocycles. The first kappa shape index (κ1) is 29.2. The molecule has 3 heterocycles. The topological polar surface area (TPSA) is 123 Å². The summed E-state index contributed by atoms with van der Waals surface area (Å²) in [5.41, 5.74) is 5.79. The van der Waals surface area contributed by atoms with E-state index in [4.69, 9.17) is 10.5 Å². The van der Waals surface area contributed by atoms with E-state index in [0.717, 1.165) is 55.9 Å². The van der Waals surface area contributed by atoms with Crippen molar-refractivity contribution < 1.29 is 4.79 Å². The van der Waals surface area contributed by atoms with E-state index in [1.165, 1.54) is 5.56 Å². The van der Waals surface area contributed by atoms with Gasteiger partial charge in [-0.2, -0.15) is 15.6 Å². The van der Waals surface area contributed by atoms with Crippen LogP contribution in [-0.2, 0) is 13.1 Å². The number of anilines is 1. The van der Waals surface area contributed by atoms with Crippen molar-refractivity contribution in [1.29, 1.82) is 10.5 Å². The standard InChI is InChI=1S/C34H34N8O/c1-2-3-32(38-30-14-17-41(18-15-30)23-27-8-4-25(20-35)5-9-27)31-13-12-29(22-37-31)34(43)39-33-16-19-42(40-33)24-28-10-6-26(21-36)7-11-28/h3-13,16,19,22,30,38H,2,14-15,17-18,23-24H2,1H3,(H,39,40,43)/b32-3+. The van der Waals surface area contributed by atoms with E-state index in [0.29, 0.717) is 35.1 Å². The van der Waals surface area contributed by atoms with Crippen molar-refractivity contribution in [2.24, 2.45) is 0 Å². The number of likely N-dealkylation sites (tertiary alicyclic amines) is 1. The maximum atomic E-state index is 12.9. The second-order valence-electron chi connectivity index (χ2n) is 10.6. The van der Waals surface area contributed by atoms with Crippen molar-refractivity contribution in [2.75, 3.05) is 18.4 Å². The first-order valence-corrected chi connectivity index (χ1v) is 14.5. The highest BCUT2D eigenvalue weighted by Gasteiger charge is 2.20. The van der Waals surface area contributed by atoms with Gasteiger partial charge in [0, 0.05) is 44.1 Å². The second kappa shape index (κ2) is 14.1. The van der Waals surface area contributed by atoms with E-state index in [1.54, 1.807) is 41.3 Å². The summed E-state index contributed by atoms with van der Waals surface area (Å²) in [6.45, 7) is 5.51. The molecule has 4 aromatic rings. The third-order valence-electron chi connectivity index (χ3n) is 7.46. The molecule has 2 aromatic heterocycles. The quantitative estimate of drug-likeness (QED) is 0.264. The second-order valence-corrected chi connectivity index (χ2v) is 10.6. The van der Waals surface area contributed by atoms with Crippen molar-refractivity contribution in [3.63, 3.8) is 0 Å². The van der Waals surface area contributed by atoms with Gasteiger partial charge in [-0.3, -0.25) is 19.4 Å². The van der Waals surface area contributed by atoms with Crippen LogP contribution in [0.2, 0.25) is 0 Å². The number of carbonyl (C=O) groups is 1. The maximum absolute atomic E-state index is 12.9. The van der Waals surface area contributed by atoms with Gasteiger partial charge >= 0.3 is 0 Å². The summed E-state index contributed by atoms with van der Waals surface area (Å²) in [5, 5.41) is 29.0. The zero-order valence-corrected chi connectivity index (χ0v) is 24.2. The van der Waals surface area contributed by atoms with Gasteiger partial charge in [0.25, 0.3) is 5.91 Å². The molecule has 0 atom stereocenters. The maximum Gasteiger partial charge on any atom is 0.258 e. The SMILES string of the molecule is CC/C=C(/NC1CCN(Cc2ccc(C#N)cc2)CC1)c1ccc(C(=O)Nc2ccn(Cc3ccc(C#N)cc3)n2)cn1. The fourth-order valence-corrected chi connectivity index (χ4v) is 5.10. The zero-order chi connectivity index (χ0) is 30.0. The Morgan fingerprint density at radius 3 is 2.16 bits per heavy atom. The number of carbonyl (C=O) groups excluding carboxylic acids is 1. The molecule has 9 nitrogen and oxygen atoms in total. The summed E-state index contributed by atoms with van der Waals surface area (Å²) in [7, 11) is 0. The Labute approximate surface area is 252 Å². The summed E-state index contributed by atoms with van der Waals surface area (Å²) >= 11 is 0. The Bertz CT molecular complexity index is 1630. The first-order chi connectivity index (χ1) is 21.0. The van der Waals surface area contributed by atoms with Crippen molar-refractivity contribution >= 4 is 17.4 Å². The first-order valence-electron chi connectivity index (χ1n) is 14.5. The molecular weight excluding hydrogens is 536 g/mol. The highest BCUT2D eigenvalue weighted by molar-refractivity contribution is 6.03. The normalized spacial score (nSPS) is 14.1. The molecule has 1 saturated heterocycles. The van der Waals surface area contributed by atoms with Gasteiger partial charge < -0.3 is 10.6 Å². The van der Waals surface area contributed by atoms with Crippen LogP contribution in [0.4, 0.5) is 5.82 Å². The number of nitrogens with zero attached hydrogens (tertiary/aromatic N) is 6. The molecule has 0 aliphatic carbocycles. The van der Waals surface area contributed by atoms with Crippen LogP contribution in [0.5, 0.6) is 0 Å². The Morgan fingerprint density at radius 2 is 1.58 bits per heavy atom. The molecule has 0 bridgehead atoms. The number of nitrogens with one attached hydrogen (secondary N) is 2. The summed E-state index contributed by atoms with van der Waals surface area (Å²) in [6.07, 6.45) is 8.47. The lowest BCUT2D eigenvalue weighted by atomic mass is 10.0. The lowest BCUT2D eigenvalue weighted by molar-refractivity contribution is 0.102. The van der Waals surface area contributed by atoms with Crippen LogP contribution in [0, 0.1) is 22.7 Å². The van der Waals surface area contributed by atoms with Crippen molar-refractivity contribution in [3.05, 3.63) is 119 Å². The van der Waals surface area contributed by atoms with Gasteiger partial charge in [0.15, 0.2) is 5.82 Å². The summed E-state index contributed by atoms with van der Waals surface area (Å²) in [5.74, 6) is 0.188. The van der Waals surface area contributed by atoms with Crippen LogP contribution in [0.25, 0.3) is 5.70 Å². The van der Waals surface area contributed by atoms with Gasteiger partial charge in [0.1, 0.15) is 0 Å². The Morgan fingerprint density at radius 1 is 0.930 bits per heavy atom. The molecule has 2 aromatic carbocycles. The molecule has 9 heteroatoms. The number of hydrogen-bond donors (Lipinski definition) is 2. The average molecular weight is 571 g/mol. The van der Waals surface area contributed by atoms with Gasteiger partial charge in [-0.1, -0.05) is 37.3 Å². The number of allylic oxidation sites excluding steroid dienone is 1. The molecule has 2 N–H and O–H groups in total. The zero-order valence-electron chi connectivity index (χ0n) is 24.2. The minimum atomic E-state index is -0.272. The highest BCUT2D eigenvalue weighted by Crippen LogP contribution is 2.19. The number of benzene rings is 2. The van der Waals surface area contributed by atoms with Gasteiger partial charge in [-0.25, -0.2) is 0 Å². The van der Waals surface area contributed by atoms with Crippen molar-refractivity contribution in [2.45, 2.75) is 45.3 Å². The summed E-state index contributed by atoms with van der Waals surface area (Å²) < 4.78 is 1.74. The molecule has 5 rings (SSSR count). The highest BCUT2D eigenvalue weighted by atomic mass is 16.1. The van der Waals surface area contributed by atoms with Crippen molar-refractivity contribution in [3.8, 4) is 12.1 Å². The molecule has 1 aliphatic rings. The van der Waals surface area contributed by atoms with E-state index < -0.39 is 0 Å². The van der Waals surface area contributed by atoms with Gasteiger partial charge in [0.2, 0.25) is 0 Å². The molecule has 1 amide bonds. The molecule has 1 aliphatic heterocycles. The van der Waals surface area contributed by atoms with Crippen LogP contribution in [0.3, 0.4) is 0 Å². The fourth-order valence-electron chi connectivity index (χ4n) is 5.10. The minimum Gasteiger partial charge on any atom is -0.381 e. The van der Waals surface area contributed by atoms with E-state index in [9.17, 15) is 4.79 Å². The largest absolute Gasteiger partial charge is 0.381 e. The number of amides is 1. The van der Waals surface area contributed by atoms with Crippen LogP contribution < -0.4 is 10.6 Å². The molecular formula is C34H34N8O. The van der Waals surface area contributed by atoms with Gasteiger partial charge in [-0.05, 0) is 66.8 Å². The third kappa shape index (κ3) is 7.94. The number of rotatable bonds is 10. The number of nitriles is 2. The third-order valence-corrected chi connectivity index (χ3v) is 7.46. The van der Waals surface area contributed by atoms with Gasteiger partial charge in [0.05, 0.1) is 46.8 Å². The number of aromatic nitrogens is 3. The van der Waals surface area contributed by atoms with Crippen LogP contribution in [-0.4, -0.2) is 44.7 Å². The smallest absolute Gasteiger partial charge is 0.258 e. The van der Waals surface area contributed by atoms with Crippen molar-refractivity contribution in [1.82, 2.24) is 25.0 Å².